The van der Waals surface area contributed by atoms with E-state index in [1.54, 1.807) is 0 Å². The van der Waals surface area contributed by atoms with Crippen LogP contribution in [0.4, 0.5) is 5.82 Å². The summed E-state index contributed by atoms with van der Waals surface area (Å²) < 4.78 is 7.66. The summed E-state index contributed by atoms with van der Waals surface area (Å²) in [5.74, 6) is 0.932. The highest BCUT2D eigenvalue weighted by molar-refractivity contribution is 5.80. The summed E-state index contributed by atoms with van der Waals surface area (Å²) in [6.45, 7) is 1.63. The van der Waals surface area contributed by atoms with Crippen molar-refractivity contribution in [3.63, 3.8) is 0 Å². The zero-order valence-electron chi connectivity index (χ0n) is 15.6. The van der Waals surface area contributed by atoms with Crippen LogP contribution >= 0.6 is 0 Å². The van der Waals surface area contributed by atoms with Gasteiger partial charge in [0.25, 0.3) is 0 Å². The first-order valence-corrected chi connectivity index (χ1v) is 9.73. The Labute approximate surface area is 164 Å². The second-order valence-corrected chi connectivity index (χ2v) is 7.07. The summed E-state index contributed by atoms with van der Waals surface area (Å²) in [6.07, 6.45) is 4.38. The summed E-state index contributed by atoms with van der Waals surface area (Å²) in [7, 11) is 0. The van der Waals surface area contributed by atoms with E-state index in [1.165, 1.54) is 0 Å². The van der Waals surface area contributed by atoms with E-state index >= 15 is 0 Å². The number of benzene rings is 2. The SMILES string of the molecule is c1ccc(-c2cc(NC[C@H]3CCCO3)n3ncc(-c4ccccc4)c3n2)cc1. The van der Waals surface area contributed by atoms with Gasteiger partial charge in [0.1, 0.15) is 5.82 Å². The van der Waals surface area contributed by atoms with Gasteiger partial charge < -0.3 is 10.1 Å². The third-order valence-electron chi connectivity index (χ3n) is 5.16. The molecule has 28 heavy (non-hydrogen) atoms. The van der Waals surface area contributed by atoms with Crippen molar-refractivity contribution in [2.45, 2.75) is 18.9 Å². The molecular formula is C23H22N4O. The van der Waals surface area contributed by atoms with E-state index in [1.807, 2.05) is 47.1 Å². The number of hydrogen-bond acceptors (Lipinski definition) is 4. The molecule has 1 aliphatic rings. The first kappa shape index (κ1) is 17.0. The molecule has 140 valence electrons. The van der Waals surface area contributed by atoms with E-state index in [9.17, 15) is 0 Å². The predicted octanol–water partition coefficient (Wildman–Crippen LogP) is 4.65. The number of rotatable bonds is 5. The molecule has 1 N–H and O–H groups in total. The molecule has 3 heterocycles. The standard InChI is InChI=1S/C23H22N4O/c1-3-8-17(9-4-1)20-16-25-27-22(24-15-19-12-7-13-28-19)14-21(26-23(20)27)18-10-5-2-6-11-18/h1-6,8-11,14,16,19,24H,7,12-13,15H2/t19-/m1/s1. The van der Waals surface area contributed by atoms with Gasteiger partial charge in [0.05, 0.1) is 18.0 Å². The van der Waals surface area contributed by atoms with Crippen LogP contribution in [0.1, 0.15) is 12.8 Å². The van der Waals surface area contributed by atoms with Gasteiger partial charge in [-0.05, 0) is 18.4 Å². The molecule has 1 saturated heterocycles. The number of fused-ring (bicyclic) bond motifs is 1. The zero-order chi connectivity index (χ0) is 18.8. The lowest BCUT2D eigenvalue weighted by Gasteiger charge is -2.14. The van der Waals surface area contributed by atoms with Crippen molar-refractivity contribution < 1.29 is 4.74 Å². The van der Waals surface area contributed by atoms with Gasteiger partial charge in [-0.15, -0.1) is 0 Å². The summed E-state index contributed by atoms with van der Waals surface area (Å²) in [4.78, 5) is 4.95. The lowest BCUT2D eigenvalue weighted by atomic mass is 10.1. The van der Waals surface area contributed by atoms with Gasteiger partial charge in [0.15, 0.2) is 5.65 Å². The number of aromatic nitrogens is 3. The summed E-state index contributed by atoms with van der Waals surface area (Å²) in [5.41, 5.74) is 5.01. The Balaban J connectivity index is 1.61. The smallest absolute Gasteiger partial charge is 0.165 e. The maximum Gasteiger partial charge on any atom is 0.165 e. The zero-order valence-corrected chi connectivity index (χ0v) is 15.6. The molecule has 2 aromatic carbocycles. The number of nitrogens with zero attached hydrogens (tertiary/aromatic N) is 3. The minimum absolute atomic E-state index is 0.257. The molecule has 0 saturated carbocycles. The quantitative estimate of drug-likeness (QED) is 0.555. The Morgan fingerprint density at radius 2 is 1.75 bits per heavy atom. The molecular weight excluding hydrogens is 348 g/mol. The van der Waals surface area contributed by atoms with E-state index < -0.39 is 0 Å². The van der Waals surface area contributed by atoms with E-state index in [2.05, 4.69) is 40.7 Å². The second kappa shape index (κ2) is 7.44. The fourth-order valence-electron chi connectivity index (χ4n) is 3.69. The van der Waals surface area contributed by atoms with Crippen LogP contribution in [-0.4, -0.2) is 33.9 Å². The van der Waals surface area contributed by atoms with Crippen molar-refractivity contribution >= 4 is 11.5 Å². The first-order chi connectivity index (χ1) is 13.9. The summed E-state index contributed by atoms with van der Waals surface area (Å²) in [6, 6.07) is 22.6. The van der Waals surface area contributed by atoms with Gasteiger partial charge in [0, 0.05) is 30.3 Å². The van der Waals surface area contributed by atoms with Crippen molar-refractivity contribution in [1.82, 2.24) is 14.6 Å². The van der Waals surface area contributed by atoms with Gasteiger partial charge in [-0.3, -0.25) is 0 Å². The molecule has 0 radical (unpaired) electrons. The van der Waals surface area contributed by atoms with Crippen molar-refractivity contribution in [2.75, 3.05) is 18.5 Å². The summed E-state index contributed by atoms with van der Waals surface area (Å²) in [5, 5.41) is 8.17. The van der Waals surface area contributed by atoms with Crippen LogP contribution in [0.5, 0.6) is 0 Å². The fourth-order valence-corrected chi connectivity index (χ4v) is 3.69. The Bertz CT molecular complexity index is 1070. The van der Waals surface area contributed by atoms with E-state index in [-0.39, 0.29) is 6.10 Å². The molecule has 0 spiro atoms. The Hall–Kier alpha value is -3.18. The molecule has 0 aliphatic carbocycles. The van der Waals surface area contributed by atoms with E-state index in [0.29, 0.717) is 0 Å². The Morgan fingerprint density at radius 1 is 1.00 bits per heavy atom. The topological polar surface area (TPSA) is 51.5 Å². The predicted molar refractivity (Wildman–Crippen MR) is 111 cm³/mol. The molecule has 5 rings (SSSR count). The van der Waals surface area contributed by atoms with Crippen molar-refractivity contribution in [3.05, 3.63) is 72.9 Å². The van der Waals surface area contributed by atoms with Crippen LogP contribution < -0.4 is 5.32 Å². The number of ether oxygens (including phenoxy) is 1. The normalized spacial score (nSPS) is 16.5. The maximum atomic E-state index is 5.77. The average Bonchev–Trinajstić information content (AvgIpc) is 3.43. The Morgan fingerprint density at radius 3 is 2.46 bits per heavy atom. The highest BCUT2D eigenvalue weighted by Gasteiger charge is 2.18. The van der Waals surface area contributed by atoms with Crippen LogP contribution in [-0.2, 0) is 4.74 Å². The largest absolute Gasteiger partial charge is 0.376 e. The van der Waals surface area contributed by atoms with Gasteiger partial charge in [-0.1, -0.05) is 60.7 Å². The highest BCUT2D eigenvalue weighted by Crippen LogP contribution is 2.29. The third kappa shape index (κ3) is 3.25. The molecule has 4 aromatic rings. The highest BCUT2D eigenvalue weighted by atomic mass is 16.5. The molecule has 0 bridgehead atoms. The lowest BCUT2D eigenvalue weighted by Crippen LogP contribution is -2.20. The molecule has 2 aromatic heterocycles. The number of nitrogens with one attached hydrogen (secondary N) is 1. The second-order valence-electron chi connectivity index (χ2n) is 7.07. The molecule has 1 aliphatic heterocycles. The van der Waals surface area contributed by atoms with Crippen LogP contribution in [0.2, 0.25) is 0 Å². The van der Waals surface area contributed by atoms with Crippen LogP contribution in [0.25, 0.3) is 28.0 Å². The van der Waals surface area contributed by atoms with Gasteiger partial charge in [-0.25, -0.2) is 4.98 Å². The minimum atomic E-state index is 0.257. The van der Waals surface area contributed by atoms with Crippen LogP contribution in [0, 0.1) is 0 Å². The molecule has 1 fully saturated rings. The monoisotopic (exact) mass is 370 g/mol. The van der Waals surface area contributed by atoms with Crippen molar-refractivity contribution in [2.24, 2.45) is 0 Å². The fraction of sp³-hybridized carbons (Fsp3) is 0.217. The van der Waals surface area contributed by atoms with Gasteiger partial charge in [0.2, 0.25) is 0 Å². The van der Waals surface area contributed by atoms with Gasteiger partial charge >= 0.3 is 0 Å². The minimum Gasteiger partial charge on any atom is -0.376 e. The molecule has 0 unspecified atom stereocenters. The number of hydrogen-bond donors (Lipinski definition) is 1. The molecule has 5 nitrogen and oxygen atoms in total. The number of anilines is 1. The van der Waals surface area contributed by atoms with Crippen molar-refractivity contribution in [1.29, 1.82) is 0 Å². The van der Waals surface area contributed by atoms with E-state index in [0.717, 1.165) is 59.8 Å². The van der Waals surface area contributed by atoms with E-state index in [4.69, 9.17) is 9.72 Å². The van der Waals surface area contributed by atoms with Gasteiger partial charge in [-0.2, -0.15) is 9.61 Å². The molecule has 5 heteroatoms. The first-order valence-electron chi connectivity index (χ1n) is 9.73. The third-order valence-corrected chi connectivity index (χ3v) is 5.16. The van der Waals surface area contributed by atoms with Crippen LogP contribution in [0.15, 0.2) is 72.9 Å². The van der Waals surface area contributed by atoms with Crippen LogP contribution in [0.3, 0.4) is 0 Å². The molecule has 0 amide bonds. The average molecular weight is 370 g/mol. The summed E-state index contributed by atoms with van der Waals surface area (Å²) >= 11 is 0. The lowest BCUT2D eigenvalue weighted by molar-refractivity contribution is 0.120. The van der Waals surface area contributed by atoms with Crippen molar-refractivity contribution in [3.8, 4) is 22.4 Å². The molecule has 1 atom stereocenters. The maximum absolute atomic E-state index is 5.77. The Kier molecular flexibility index (Phi) is 4.51.